The predicted octanol–water partition coefficient (Wildman–Crippen LogP) is 0.921. The van der Waals surface area contributed by atoms with E-state index >= 15 is 0 Å². The maximum Gasteiger partial charge on any atom is 0.251 e. The SMILES string of the molecule is O=C(CN1CCN(C(=O)C2CCCO2)CC1)c1ccc2c(c1)OCO2. The second kappa shape index (κ2) is 7.01. The van der Waals surface area contributed by atoms with E-state index in [4.69, 9.17) is 14.2 Å². The van der Waals surface area contributed by atoms with Crippen molar-refractivity contribution in [2.24, 2.45) is 0 Å². The van der Waals surface area contributed by atoms with Gasteiger partial charge >= 0.3 is 0 Å². The van der Waals surface area contributed by atoms with Crippen molar-refractivity contribution >= 4 is 11.7 Å². The zero-order valence-electron chi connectivity index (χ0n) is 14.1. The summed E-state index contributed by atoms with van der Waals surface area (Å²) in [5.41, 5.74) is 0.627. The number of hydrogen-bond donors (Lipinski definition) is 0. The predicted molar refractivity (Wildman–Crippen MR) is 88.9 cm³/mol. The Morgan fingerprint density at radius 1 is 1.08 bits per heavy atom. The van der Waals surface area contributed by atoms with Crippen LogP contribution in [0.3, 0.4) is 0 Å². The van der Waals surface area contributed by atoms with Gasteiger partial charge in [0.05, 0.1) is 6.54 Å². The fraction of sp³-hybridized carbons (Fsp3) is 0.556. The van der Waals surface area contributed by atoms with Crippen LogP contribution < -0.4 is 9.47 Å². The Labute approximate surface area is 146 Å². The number of amides is 1. The molecule has 2 fully saturated rings. The molecule has 0 saturated carbocycles. The molecule has 0 aliphatic carbocycles. The summed E-state index contributed by atoms with van der Waals surface area (Å²) in [7, 11) is 0. The number of benzene rings is 1. The van der Waals surface area contributed by atoms with Crippen LogP contribution in [0.25, 0.3) is 0 Å². The molecule has 3 aliphatic heterocycles. The molecule has 4 rings (SSSR count). The van der Waals surface area contributed by atoms with Crippen LogP contribution in [-0.2, 0) is 9.53 Å². The number of Topliss-reactive ketones (excluding diaryl/α,β-unsaturated/α-hetero) is 1. The van der Waals surface area contributed by atoms with E-state index in [9.17, 15) is 9.59 Å². The van der Waals surface area contributed by atoms with Crippen LogP contribution in [0, 0.1) is 0 Å². The Balaban J connectivity index is 1.29. The first kappa shape index (κ1) is 16.4. The number of hydrogen-bond acceptors (Lipinski definition) is 6. The monoisotopic (exact) mass is 346 g/mol. The fourth-order valence-corrected chi connectivity index (χ4v) is 3.47. The van der Waals surface area contributed by atoms with Crippen LogP contribution in [0.4, 0.5) is 0 Å². The molecule has 0 spiro atoms. The molecule has 0 aromatic heterocycles. The lowest BCUT2D eigenvalue weighted by atomic mass is 10.1. The summed E-state index contributed by atoms with van der Waals surface area (Å²) in [4.78, 5) is 28.8. The first-order valence-corrected chi connectivity index (χ1v) is 8.76. The van der Waals surface area contributed by atoms with Gasteiger partial charge in [-0.1, -0.05) is 0 Å². The van der Waals surface area contributed by atoms with Gasteiger partial charge in [-0.2, -0.15) is 0 Å². The number of rotatable bonds is 4. The van der Waals surface area contributed by atoms with Gasteiger partial charge < -0.3 is 19.1 Å². The van der Waals surface area contributed by atoms with Gasteiger partial charge in [0, 0.05) is 38.3 Å². The van der Waals surface area contributed by atoms with E-state index < -0.39 is 0 Å². The Hall–Kier alpha value is -2.12. The number of fused-ring (bicyclic) bond motifs is 1. The van der Waals surface area contributed by atoms with Gasteiger partial charge in [0.2, 0.25) is 6.79 Å². The van der Waals surface area contributed by atoms with Crippen LogP contribution in [0.2, 0.25) is 0 Å². The molecule has 0 bridgehead atoms. The molecule has 134 valence electrons. The third kappa shape index (κ3) is 3.48. The zero-order valence-corrected chi connectivity index (χ0v) is 14.1. The average Bonchev–Trinajstić information content (AvgIpc) is 3.32. The summed E-state index contributed by atoms with van der Waals surface area (Å²) in [5, 5.41) is 0. The number of piperazine rings is 1. The molecule has 1 aromatic carbocycles. The number of carbonyl (C=O) groups is 2. The lowest BCUT2D eigenvalue weighted by Crippen LogP contribution is -2.52. The van der Waals surface area contributed by atoms with Crippen LogP contribution in [-0.4, -0.2) is 73.7 Å². The second-order valence-electron chi connectivity index (χ2n) is 6.59. The standard InChI is InChI=1S/C18H22N2O5/c21-14(13-3-4-15-17(10-13)25-12-24-15)11-19-5-7-20(8-6-19)18(22)16-2-1-9-23-16/h3-4,10,16H,1-2,5-9,11-12H2. The highest BCUT2D eigenvalue weighted by Crippen LogP contribution is 2.32. The van der Waals surface area contributed by atoms with Gasteiger partial charge in [-0.3, -0.25) is 14.5 Å². The van der Waals surface area contributed by atoms with Crippen molar-refractivity contribution in [3.05, 3.63) is 23.8 Å². The van der Waals surface area contributed by atoms with E-state index in [1.807, 2.05) is 4.90 Å². The summed E-state index contributed by atoms with van der Waals surface area (Å²) in [6.07, 6.45) is 1.52. The molecule has 0 N–H and O–H groups in total. The first-order chi connectivity index (χ1) is 12.2. The highest BCUT2D eigenvalue weighted by Gasteiger charge is 2.30. The van der Waals surface area contributed by atoms with Crippen molar-refractivity contribution < 1.29 is 23.8 Å². The third-order valence-electron chi connectivity index (χ3n) is 4.95. The van der Waals surface area contributed by atoms with Gasteiger partial charge in [0.1, 0.15) is 6.10 Å². The quantitative estimate of drug-likeness (QED) is 0.756. The smallest absolute Gasteiger partial charge is 0.251 e. The molecule has 2 saturated heterocycles. The minimum Gasteiger partial charge on any atom is -0.454 e. The highest BCUT2D eigenvalue weighted by molar-refractivity contribution is 5.98. The normalized spacial score (nSPS) is 23.0. The van der Waals surface area contributed by atoms with Gasteiger partial charge in [-0.05, 0) is 31.0 Å². The maximum atomic E-state index is 12.5. The molecule has 3 heterocycles. The van der Waals surface area contributed by atoms with Crippen molar-refractivity contribution in [3.8, 4) is 11.5 Å². The first-order valence-electron chi connectivity index (χ1n) is 8.76. The Kier molecular flexibility index (Phi) is 4.59. The highest BCUT2D eigenvalue weighted by atomic mass is 16.7. The summed E-state index contributed by atoms with van der Waals surface area (Å²) in [6, 6.07) is 5.28. The largest absolute Gasteiger partial charge is 0.454 e. The minimum atomic E-state index is -0.262. The lowest BCUT2D eigenvalue weighted by Gasteiger charge is -2.35. The molecule has 1 unspecified atom stereocenters. The molecule has 3 aliphatic rings. The van der Waals surface area contributed by atoms with E-state index in [0.717, 1.165) is 12.8 Å². The van der Waals surface area contributed by atoms with Crippen molar-refractivity contribution in [1.82, 2.24) is 9.80 Å². The van der Waals surface area contributed by atoms with Crippen LogP contribution in [0.5, 0.6) is 11.5 Å². The van der Waals surface area contributed by atoms with Gasteiger partial charge in [-0.25, -0.2) is 0 Å². The summed E-state index contributed by atoms with van der Waals surface area (Å²) >= 11 is 0. The molecule has 0 radical (unpaired) electrons. The van der Waals surface area contributed by atoms with E-state index in [1.165, 1.54) is 0 Å². The molecular formula is C18H22N2O5. The van der Waals surface area contributed by atoms with Gasteiger partial charge in [0.25, 0.3) is 5.91 Å². The molecule has 1 amide bonds. The summed E-state index contributed by atoms with van der Waals surface area (Å²) in [5.74, 6) is 1.45. The van der Waals surface area contributed by atoms with Crippen LogP contribution in [0.15, 0.2) is 18.2 Å². The van der Waals surface area contributed by atoms with Gasteiger partial charge in [-0.15, -0.1) is 0 Å². The molecule has 1 atom stereocenters. The molecule has 1 aromatic rings. The topological polar surface area (TPSA) is 68.3 Å². The van der Waals surface area contributed by atoms with Crippen LogP contribution >= 0.6 is 0 Å². The summed E-state index contributed by atoms with van der Waals surface area (Å²) in [6.45, 7) is 3.93. The number of carbonyl (C=O) groups excluding carboxylic acids is 2. The zero-order chi connectivity index (χ0) is 17.2. The number of ketones is 1. The molecule has 25 heavy (non-hydrogen) atoms. The fourth-order valence-electron chi connectivity index (χ4n) is 3.47. The second-order valence-corrected chi connectivity index (χ2v) is 6.59. The summed E-state index contributed by atoms with van der Waals surface area (Å²) < 4.78 is 16.1. The van der Waals surface area contributed by atoms with Crippen molar-refractivity contribution in [2.45, 2.75) is 18.9 Å². The third-order valence-corrected chi connectivity index (χ3v) is 4.95. The maximum absolute atomic E-state index is 12.5. The lowest BCUT2D eigenvalue weighted by molar-refractivity contribution is -0.142. The van der Waals surface area contributed by atoms with E-state index in [1.54, 1.807) is 18.2 Å². The Morgan fingerprint density at radius 3 is 2.64 bits per heavy atom. The molecule has 7 heteroatoms. The van der Waals surface area contributed by atoms with E-state index in [-0.39, 0.29) is 24.6 Å². The number of ether oxygens (including phenoxy) is 3. The van der Waals surface area contributed by atoms with E-state index in [2.05, 4.69) is 4.90 Å². The number of nitrogens with zero attached hydrogens (tertiary/aromatic N) is 2. The Bertz CT molecular complexity index is 663. The van der Waals surface area contributed by atoms with Crippen molar-refractivity contribution in [2.75, 3.05) is 46.1 Å². The van der Waals surface area contributed by atoms with Gasteiger partial charge in [0.15, 0.2) is 17.3 Å². The van der Waals surface area contributed by atoms with Crippen molar-refractivity contribution in [3.63, 3.8) is 0 Å². The van der Waals surface area contributed by atoms with Crippen LogP contribution in [0.1, 0.15) is 23.2 Å². The minimum absolute atomic E-state index is 0.0530. The molecular weight excluding hydrogens is 324 g/mol. The average molecular weight is 346 g/mol. The molecule has 7 nitrogen and oxygen atoms in total. The van der Waals surface area contributed by atoms with Crippen molar-refractivity contribution in [1.29, 1.82) is 0 Å². The van der Waals surface area contributed by atoms with E-state index in [0.29, 0.717) is 56.4 Å². The Morgan fingerprint density at radius 2 is 1.88 bits per heavy atom.